The Hall–Kier alpha value is -2.50. The van der Waals surface area contributed by atoms with Crippen LogP contribution >= 0.6 is 0 Å². The van der Waals surface area contributed by atoms with Gasteiger partial charge in [-0.15, -0.1) is 0 Å². The van der Waals surface area contributed by atoms with Gasteiger partial charge in [0, 0.05) is 18.4 Å². The van der Waals surface area contributed by atoms with Crippen LogP contribution in [0.3, 0.4) is 0 Å². The minimum atomic E-state index is -1.64. The van der Waals surface area contributed by atoms with Crippen LogP contribution in [0, 0.1) is 5.92 Å². The number of ether oxygens (including phenoxy) is 2. The number of esters is 2. The highest BCUT2D eigenvalue weighted by Crippen LogP contribution is 2.11. The Morgan fingerprint density at radius 2 is 1.43 bits per heavy atom. The first-order chi connectivity index (χ1) is 10.0. The van der Waals surface area contributed by atoms with Crippen LogP contribution in [-0.4, -0.2) is 37.7 Å². The van der Waals surface area contributed by atoms with Crippen LogP contribution < -0.4 is 0 Å². The van der Waals surface area contributed by atoms with E-state index in [1.54, 1.807) is 30.3 Å². The van der Waals surface area contributed by atoms with E-state index in [2.05, 4.69) is 9.47 Å². The molecule has 1 aromatic rings. The Bertz CT molecular complexity index is 518. The predicted molar refractivity (Wildman–Crippen MR) is 72.5 cm³/mol. The molecule has 112 valence electrons. The third-order valence-corrected chi connectivity index (χ3v) is 2.89. The molecule has 6 nitrogen and oxygen atoms in total. The highest BCUT2D eigenvalue weighted by molar-refractivity contribution is 6.15. The smallest absolute Gasteiger partial charge is 0.327 e. The SMILES string of the molecule is COC(=O)C(C(=O)CCC(=O)c1ccccc1)C(=O)OC. The van der Waals surface area contributed by atoms with Gasteiger partial charge in [-0.2, -0.15) is 0 Å². The molecule has 0 radical (unpaired) electrons. The van der Waals surface area contributed by atoms with Crippen molar-refractivity contribution in [2.24, 2.45) is 5.92 Å². The molecule has 0 heterocycles. The van der Waals surface area contributed by atoms with Crippen molar-refractivity contribution in [1.29, 1.82) is 0 Å². The number of hydrogen-bond acceptors (Lipinski definition) is 6. The fraction of sp³-hybridized carbons (Fsp3) is 0.333. The minimum absolute atomic E-state index is 0.0899. The van der Waals surface area contributed by atoms with Crippen LogP contribution in [0.1, 0.15) is 23.2 Å². The summed E-state index contributed by atoms with van der Waals surface area (Å²) in [5.74, 6) is -4.54. The summed E-state index contributed by atoms with van der Waals surface area (Å²) in [5, 5.41) is 0. The monoisotopic (exact) mass is 292 g/mol. The Kier molecular flexibility index (Phi) is 6.26. The molecule has 0 aromatic heterocycles. The van der Waals surface area contributed by atoms with E-state index in [4.69, 9.17) is 0 Å². The minimum Gasteiger partial charge on any atom is -0.468 e. The maximum absolute atomic E-state index is 11.9. The van der Waals surface area contributed by atoms with Gasteiger partial charge in [-0.25, -0.2) is 0 Å². The lowest BCUT2D eigenvalue weighted by Gasteiger charge is -2.11. The van der Waals surface area contributed by atoms with Gasteiger partial charge < -0.3 is 9.47 Å². The zero-order valence-electron chi connectivity index (χ0n) is 11.8. The van der Waals surface area contributed by atoms with Crippen molar-refractivity contribution in [1.82, 2.24) is 0 Å². The molecule has 0 N–H and O–H groups in total. The Morgan fingerprint density at radius 3 is 1.90 bits per heavy atom. The first kappa shape index (κ1) is 16.6. The molecule has 0 amide bonds. The van der Waals surface area contributed by atoms with Crippen LogP contribution in [0.4, 0.5) is 0 Å². The number of rotatable bonds is 7. The molecular weight excluding hydrogens is 276 g/mol. The third kappa shape index (κ3) is 4.52. The molecule has 0 saturated carbocycles. The summed E-state index contributed by atoms with van der Waals surface area (Å²) >= 11 is 0. The number of carbonyl (C=O) groups is 4. The van der Waals surface area contributed by atoms with Crippen molar-refractivity contribution >= 4 is 23.5 Å². The number of ketones is 2. The molecule has 0 unspecified atom stereocenters. The second-order valence-corrected chi connectivity index (χ2v) is 4.23. The molecule has 0 aliphatic heterocycles. The van der Waals surface area contributed by atoms with Gasteiger partial charge in [0.1, 0.15) is 0 Å². The quantitative estimate of drug-likeness (QED) is 0.426. The van der Waals surface area contributed by atoms with Crippen molar-refractivity contribution in [2.75, 3.05) is 14.2 Å². The molecule has 6 heteroatoms. The zero-order chi connectivity index (χ0) is 15.8. The van der Waals surface area contributed by atoms with Gasteiger partial charge in [0.05, 0.1) is 14.2 Å². The lowest BCUT2D eigenvalue weighted by atomic mass is 9.97. The van der Waals surface area contributed by atoms with Crippen molar-refractivity contribution in [3.05, 3.63) is 35.9 Å². The lowest BCUT2D eigenvalue weighted by molar-refractivity contribution is -0.161. The van der Waals surface area contributed by atoms with Gasteiger partial charge in [0.15, 0.2) is 11.6 Å². The molecule has 0 saturated heterocycles. The molecule has 0 aliphatic carbocycles. The Balaban J connectivity index is 2.68. The molecule has 1 aromatic carbocycles. The fourth-order valence-electron chi connectivity index (χ4n) is 1.74. The van der Waals surface area contributed by atoms with Crippen LogP contribution in [0.25, 0.3) is 0 Å². The van der Waals surface area contributed by atoms with E-state index in [1.165, 1.54) is 0 Å². The van der Waals surface area contributed by atoms with E-state index in [0.29, 0.717) is 5.56 Å². The normalized spacial score (nSPS) is 10.0. The van der Waals surface area contributed by atoms with E-state index in [0.717, 1.165) is 14.2 Å². The van der Waals surface area contributed by atoms with E-state index < -0.39 is 23.6 Å². The number of hydrogen-bond donors (Lipinski definition) is 0. The van der Waals surface area contributed by atoms with Crippen molar-refractivity contribution in [2.45, 2.75) is 12.8 Å². The lowest BCUT2D eigenvalue weighted by Crippen LogP contribution is -2.34. The number of Topliss-reactive ketones (excluding diaryl/α,β-unsaturated/α-hetero) is 2. The van der Waals surface area contributed by atoms with Gasteiger partial charge >= 0.3 is 11.9 Å². The maximum atomic E-state index is 11.9. The molecule has 0 aliphatic rings. The van der Waals surface area contributed by atoms with Gasteiger partial charge in [0.25, 0.3) is 0 Å². The average molecular weight is 292 g/mol. The van der Waals surface area contributed by atoms with E-state index in [1.807, 2.05) is 0 Å². The van der Waals surface area contributed by atoms with Gasteiger partial charge in [-0.1, -0.05) is 30.3 Å². The van der Waals surface area contributed by atoms with Crippen LogP contribution in [0.15, 0.2) is 30.3 Å². The summed E-state index contributed by atoms with van der Waals surface area (Å²) in [6.07, 6.45) is -0.323. The van der Waals surface area contributed by atoms with Gasteiger partial charge in [-0.3, -0.25) is 19.2 Å². The van der Waals surface area contributed by atoms with Crippen LogP contribution in [-0.2, 0) is 23.9 Å². The zero-order valence-corrected chi connectivity index (χ0v) is 11.8. The Labute approximate surface area is 122 Å². The number of carbonyl (C=O) groups excluding carboxylic acids is 4. The van der Waals surface area contributed by atoms with Crippen molar-refractivity contribution in [3.63, 3.8) is 0 Å². The largest absolute Gasteiger partial charge is 0.468 e. The summed E-state index contributed by atoms with van der Waals surface area (Å²) < 4.78 is 8.80. The predicted octanol–water partition coefficient (Wildman–Crippen LogP) is 1.18. The first-order valence-electron chi connectivity index (χ1n) is 6.28. The highest BCUT2D eigenvalue weighted by Gasteiger charge is 2.35. The van der Waals surface area contributed by atoms with E-state index in [9.17, 15) is 19.2 Å². The average Bonchev–Trinajstić information content (AvgIpc) is 2.53. The van der Waals surface area contributed by atoms with E-state index in [-0.39, 0.29) is 18.6 Å². The molecular formula is C15H16O6. The molecule has 0 fully saturated rings. The van der Waals surface area contributed by atoms with Crippen molar-refractivity contribution < 1.29 is 28.7 Å². The second-order valence-electron chi connectivity index (χ2n) is 4.23. The molecule has 0 spiro atoms. The van der Waals surface area contributed by atoms with E-state index >= 15 is 0 Å². The summed E-state index contributed by atoms with van der Waals surface area (Å²) in [7, 11) is 2.14. The maximum Gasteiger partial charge on any atom is 0.327 e. The molecule has 0 bridgehead atoms. The van der Waals surface area contributed by atoms with Crippen LogP contribution in [0.5, 0.6) is 0 Å². The first-order valence-corrected chi connectivity index (χ1v) is 6.28. The summed E-state index contributed by atoms with van der Waals surface area (Å²) in [6.45, 7) is 0. The standard InChI is InChI=1S/C15H16O6/c1-20-14(18)13(15(19)21-2)12(17)9-8-11(16)10-6-4-3-5-7-10/h3-7,13H,8-9H2,1-2H3. The fourth-order valence-corrected chi connectivity index (χ4v) is 1.74. The number of benzene rings is 1. The summed E-state index contributed by atoms with van der Waals surface area (Å²) in [6, 6.07) is 8.45. The molecule has 21 heavy (non-hydrogen) atoms. The molecule has 0 atom stereocenters. The van der Waals surface area contributed by atoms with Crippen LogP contribution in [0.2, 0.25) is 0 Å². The van der Waals surface area contributed by atoms with Gasteiger partial charge in [0.2, 0.25) is 5.92 Å². The summed E-state index contributed by atoms with van der Waals surface area (Å²) in [5.41, 5.74) is 0.470. The summed E-state index contributed by atoms with van der Waals surface area (Å²) in [4.78, 5) is 46.7. The third-order valence-electron chi connectivity index (χ3n) is 2.89. The molecule has 1 rings (SSSR count). The topological polar surface area (TPSA) is 86.7 Å². The highest BCUT2D eigenvalue weighted by atomic mass is 16.5. The number of methoxy groups -OCH3 is 2. The Morgan fingerprint density at radius 1 is 0.905 bits per heavy atom. The second kappa shape index (κ2) is 7.94. The van der Waals surface area contributed by atoms with Crippen molar-refractivity contribution in [3.8, 4) is 0 Å². The van der Waals surface area contributed by atoms with Gasteiger partial charge in [-0.05, 0) is 0 Å².